The first-order valence-electron chi connectivity index (χ1n) is 14.4. The van der Waals surface area contributed by atoms with Gasteiger partial charge in [0.2, 0.25) is 5.91 Å². The van der Waals surface area contributed by atoms with Crippen LogP contribution >= 0.6 is 0 Å². The number of hydrogen-bond acceptors (Lipinski definition) is 5. The van der Waals surface area contributed by atoms with Crippen LogP contribution in [0, 0.1) is 18.3 Å². The molecule has 2 fully saturated rings. The molecule has 2 aromatic rings. The van der Waals surface area contributed by atoms with Crippen molar-refractivity contribution < 1.29 is 19.1 Å². The minimum atomic E-state index is -0.860. The number of aryl methyl sites for hydroxylation is 1. The summed E-state index contributed by atoms with van der Waals surface area (Å²) in [6.45, 7) is 11.3. The lowest BCUT2D eigenvalue weighted by Gasteiger charge is -2.51. The molecule has 1 saturated carbocycles. The third-order valence-electron chi connectivity index (χ3n) is 8.69. The quantitative estimate of drug-likeness (QED) is 0.444. The Balaban J connectivity index is 1.49. The van der Waals surface area contributed by atoms with Crippen molar-refractivity contribution in [1.29, 1.82) is 0 Å². The maximum absolute atomic E-state index is 13.6. The molecule has 1 aliphatic carbocycles. The van der Waals surface area contributed by atoms with Crippen molar-refractivity contribution in [2.75, 3.05) is 33.2 Å². The van der Waals surface area contributed by atoms with Gasteiger partial charge in [-0.2, -0.15) is 0 Å². The summed E-state index contributed by atoms with van der Waals surface area (Å²) in [4.78, 5) is 44.1. The zero-order chi connectivity index (χ0) is 28.2. The van der Waals surface area contributed by atoms with E-state index < -0.39 is 17.4 Å². The number of benzene rings is 2. The largest absolute Gasteiger partial charge is 0.488 e. The van der Waals surface area contributed by atoms with E-state index in [0.29, 0.717) is 37.2 Å². The molecule has 1 unspecified atom stereocenters. The second kappa shape index (κ2) is 12.3. The van der Waals surface area contributed by atoms with Gasteiger partial charge in [-0.15, -0.1) is 0 Å². The summed E-state index contributed by atoms with van der Waals surface area (Å²) < 4.78 is 6.40. The normalized spacial score (nSPS) is 21.7. The van der Waals surface area contributed by atoms with Gasteiger partial charge in [0.15, 0.2) is 5.78 Å². The summed E-state index contributed by atoms with van der Waals surface area (Å²) in [6.07, 6.45) is 2.35. The van der Waals surface area contributed by atoms with E-state index in [1.165, 1.54) is 0 Å². The summed E-state index contributed by atoms with van der Waals surface area (Å²) in [5.41, 5.74) is 2.12. The first-order chi connectivity index (χ1) is 18.7. The first-order valence-corrected chi connectivity index (χ1v) is 14.4. The monoisotopic (exact) mass is 533 g/mol. The average Bonchev–Trinajstić information content (AvgIpc) is 2.94. The van der Waals surface area contributed by atoms with Gasteiger partial charge in [-0.3, -0.25) is 14.4 Å². The molecule has 2 amide bonds. The maximum atomic E-state index is 13.6. The van der Waals surface area contributed by atoms with Crippen molar-refractivity contribution in [3.05, 3.63) is 65.2 Å². The van der Waals surface area contributed by atoms with Gasteiger partial charge in [0.25, 0.3) is 5.91 Å². The van der Waals surface area contributed by atoms with Crippen molar-refractivity contribution >= 4 is 17.6 Å². The molecular formula is C32H43N3O4. The lowest BCUT2D eigenvalue weighted by molar-refractivity contribution is -0.173. The molecule has 2 aromatic carbocycles. The second-order valence-corrected chi connectivity index (χ2v) is 11.1. The summed E-state index contributed by atoms with van der Waals surface area (Å²) in [5, 5.41) is 3.16. The van der Waals surface area contributed by atoms with Crippen LogP contribution in [0.25, 0.3) is 0 Å². The molecule has 3 atom stereocenters. The van der Waals surface area contributed by atoms with Gasteiger partial charge in [-0.05, 0) is 63.1 Å². The zero-order valence-electron chi connectivity index (χ0n) is 24.0. The van der Waals surface area contributed by atoms with Gasteiger partial charge in [0.05, 0.1) is 11.5 Å². The number of rotatable bonds is 10. The Bertz CT molecular complexity index is 1150. The van der Waals surface area contributed by atoms with Gasteiger partial charge in [-0.25, -0.2) is 0 Å². The number of nitrogens with zero attached hydrogens (tertiary/aromatic N) is 2. The third kappa shape index (κ3) is 5.88. The molecule has 39 heavy (non-hydrogen) atoms. The molecule has 1 heterocycles. The van der Waals surface area contributed by atoms with Crippen LogP contribution in [0.3, 0.4) is 0 Å². The summed E-state index contributed by atoms with van der Waals surface area (Å²) in [5.74, 6) is -0.601. The predicted molar refractivity (Wildman–Crippen MR) is 153 cm³/mol. The number of Topliss-reactive ketones (excluding diaryl/α,β-unsaturated/α-hetero) is 1. The lowest BCUT2D eigenvalue weighted by Crippen LogP contribution is -2.68. The van der Waals surface area contributed by atoms with Crippen LogP contribution in [0.1, 0.15) is 74.0 Å². The van der Waals surface area contributed by atoms with E-state index in [0.717, 1.165) is 37.1 Å². The van der Waals surface area contributed by atoms with Crippen LogP contribution in [-0.4, -0.2) is 66.7 Å². The fourth-order valence-corrected chi connectivity index (χ4v) is 5.93. The summed E-state index contributed by atoms with van der Waals surface area (Å²) >= 11 is 0. The number of carbonyl (C=O) groups is 3. The average molecular weight is 534 g/mol. The standard InChI is InChI=1S/C32H43N3O4/c1-6-9-26(23-12-10-22(4)11-13-23)33-30(37)27-28(36)32(7-2,8-3)29(27)39-25-16-14-24(15-17-25)31(38)35-20-18-34(5)19-21-35/h10-17,26-27,29H,6-9,18-21H2,1-5H3,(H,33,37)/t26-,27?,29-/m1/s1. The van der Waals surface area contributed by atoms with Crippen molar-refractivity contribution in [2.45, 2.75) is 65.5 Å². The highest BCUT2D eigenvalue weighted by atomic mass is 16.5. The van der Waals surface area contributed by atoms with E-state index in [2.05, 4.69) is 24.2 Å². The molecular weight excluding hydrogens is 490 g/mol. The summed E-state index contributed by atoms with van der Waals surface area (Å²) in [7, 11) is 2.06. The molecule has 7 nitrogen and oxygen atoms in total. The predicted octanol–water partition coefficient (Wildman–Crippen LogP) is 4.79. The Morgan fingerprint density at radius 1 is 0.974 bits per heavy atom. The Morgan fingerprint density at radius 3 is 2.15 bits per heavy atom. The van der Waals surface area contributed by atoms with Crippen LogP contribution < -0.4 is 10.1 Å². The highest BCUT2D eigenvalue weighted by Gasteiger charge is 2.64. The number of piperazine rings is 1. The number of ketones is 1. The number of amides is 2. The zero-order valence-corrected chi connectivity index (χ0v) is 24.0. The van der Waals surface area contributed by atoms with E-state index in [9.17, 15) is 14.4 Å². The Kier molecular flexibility index (Phi) is 9.11. The van der Waals surface area contributed by atoms with Crippen LogP contribution in [-0.2, 0) is 9.59 Å². The molecule has 0 bridgehead atoms. The molecule has 210 valence electrons. The minimum Gasteiger partial charge on any atom is -0.488 e. The lowest BCUT2D eigenvalue weighted by atomic mass is 9.55. The number of ether oxygens (including phenoxy) is 1. The van der Waals surface area contributed by atoms with E-state index in [4.69, 9.17) is 4.74 Å². The van der Waals surface area contributed by atoms with E-state index in [1.807, 2.05) is 49.9 Å². The Hall–Kier alpha value is -3.19. The first kappa shape index (κ1) is 28.8. The van der Waals surface area contributed by atoms with Gasteiger partial charge in [0.1, 0.15) is 17.8 Å². The number of nitrogens with one attached hydrogen (secondary N) is 1. The molecule has 0 aromatic heterocycles. The molecule has 0 spiro atoms. The Morgan fingerprint density at radius 2 is 1.59 bits per heavy atom. The van der Waals surface area contributed by atoms with Crippen LogP contribution in [0.4, 0.5) is 0 Å². The van der Waals surface area contributed by atoms with Crippen LogP contribution in [0.15, 0.2) is 48.5 Å². The highest BCUT2D eigenvalue weighted by Crippen LogP contribution is 2.50. The molecule has 7 heteroatoms. The molecule has 4 rings (SSSR count). The van der Waals surface area contributed by atoms with E-state index in [-0.39, 0.29) is 23.6 Å². The molecule has 2 aliphatic rings. The van der Waals surface area contributed by atoms with Crippen LogP contribution in [0.2, 0.25) is 0 Å². The van der Waals surface area contributed by atoms with Crippen LogP contribution in [0.5, 0.6) is 5.75 Å². The van der Waals surface area contributed by atoms with Gasteiger partial charge in [-0.1, -0.05) is 57.0 Å². The number of carbonyl (C=O) groups excluding carboxylic acids is 3. The van der Waals surface area contributed by atoms with E-state index >= 15 is 0 Å². The molecule has 1 saturated heterocycles. The fourth-order valence-electron chi connectivity index (χ4n) is 5.93. The number of hydrogen-bond donors (Lipinski definition) is 1. The van der Waals surface area contributed by atoms with Crippen molar-refractivity contribution in [3.63, 3.8) is 0 Å². The van der Waals surface area contributed by atoms with Gasteiger partial charge < -0.3 is 19.9 Å². The van der Waals surface area contributed by atoms with Crippen molar-refractivity contribution in [2.24, 2.45) is 11.3 Å². The molecule has 1 N–H and O–H groups in total. The minimum absolute atomic E-state index is 0.0141. The topological polar surface area (TPSA) is 78.9 Å². The Labute approximate surface area is 232 Å². The maximum Gasteiger partial charge on any atom is 0.253 e. The summed E-state index contributed by atoms with van der Waals surface area (Å²) in [6, 6.07) is 15.1. The molecule has 0 radical (unpaired) electrons. The third-order valence-corrected chi connectivity index (χ3v) is 8.69. The highest BCUT2D eigenvalue weighted by molar-refractivity contribution is 6.10. The van der Waals surface area contributed by atoms with Gasteiger partial charge >= 0.3 is 0 Å². The fraction of sp³-hybridized carbons (Fsp3) is 0.531. The molecule has 1 aliphatic heterocycles. The van der Waals surface area contributed by atoms with Gasteiger partial charge in [0, 0.05) is 31.7 Å². The SMILES string of the molecule is CCC[C@@H](NC(=O)C1C(=O)C(CC)(CC)[C@@H]1Oc1ccc(C(=O)N2CCN(C)CC2)cc1)c1ccc(C)cc1. The second-order valence-electron chi connectivity index (χ2n) is 11.1. The smallest absolute Gasteiger partial charge is 0.253 e. The number of likely N-dealkylation sites (N-methyl/N-ethyl adjacent to an activating group) is 1. The van der Waals surface area contributed by atoms with Crippen molar-refractivity contribution in [1.82, 2.24) is 15.1 Å². The van der Waals surface area contributed by atoms with E-state index in [1.54, 1.807) is 24.3 Å². The van der Waals surface area contributed by atoms with Crippen molar-refractivity contribution in [3.8, 4) is 5.75 Å².